The quantitative estimate of drug-likeness (QED) is 0.755. The van der Waals surface area contributed by atoms with Crippen LogP contribution in [0.5, 0.6) is 5.75 Å². The summed E-state index contributed by atoms with van der Waals surface area (Å²) in [6, 6.07) is 11.0. The molecule has 1 aliphatic heterocycles. The molecule has 2 aliphatic rings. The molecule has 2 aromatic carbocycles. The van der Waals surface area contributed by atoms with Crippen molar-refractivity contribution in [2.24, 2.45) is 16.8 Å². The lowest BCUT2D eigenvalue weighted by molar-refractivity contribution is 0.421. The molecule has 2 unspecified atom stereocenters. The normalized spacial score (nSPS) is 22.5. The largest absolute Gasteiger partial charge is 0.508 e. The Morgan fingerprint density at radius 1 is 1.08 bits per heavy atom. The summed E-state index contributed by atoms with van der Waals surface area (Å²) < 4.78 is 14.9. The van der Waals surface area contributed by atoms with E-state index < -0.39 is 12.0 Å². The topological polar surface area (TPSA) is 32.6 Å². The number of halogens is 1. The molecule has 126 valence electrons. The van der Waals surface area contributed by atoms with E-state index in [1.165, 1.54) is 0 Å². The van der Waals surface area contributed by atoms with Crippen LogP contribution in [-0.2, 0) is 0 Å². The number of phenolic OH excluding ortho intramolecular Hbond substituents is 1. The first-order valence-corrected chi connectivity index (χ1v) is 8.58. The summed E-state index contributed by atoms with van der Waals surface area (Å²) in [6.07, 6.45) is 7.26. The van der Waals surface area contributed by atoms with Gasteiger partial charge in [-0.1, -0.05) is 44.2 Å². The summed E-state index contributed by atoms with van der Waals surface area (Å²) in [5.74, 6) is -0.237. The van der Waals surface area contributed by atoms with Gasteiger partial charge in [-0.25, -0.2) is 4.39 Å². The third-order valence-electron chi connectivity index (χ3n) is 5.00. The number of dihydropyridines is 1. The Kier molecular flexibility index (Phi) is 3.79. The van der Waals surface area contributed by atoms with E-state index in [-0.39, 0.29) is 17.5 Å². The molecule has 2 atom stereocenters. The van der Waals surface area contributed by atoms with Gasteiger partial charge in [0.1, 0.15) is 11.6 Å². The first-order valence-electron chi connectivity index (χ1n) is 8.58. The maximum atomic E-state index is 14.9. The van der Waals surface area contributed by atoms with Crippen LogP contribution in [0.25, 0.3) is 10.8 Å². The number of fused-ring (bicyclic) bond motifs is 2. The van der Waals surface area contributed by atoms with Crippen LogP contribution in [0.4, 0.5) is 4.39 Å². The molecular formula is C22H20FNO. The summed E-state index contributed by atoms with van der Waals surface area (Å²) in [7, 11) is 0. The molecule has 3 heteroatoms. The third-order valence-corrected chi connectivity index (χ3v) is 5.00. The fourth-order valence-electron chi connectivity index (χ4n) is 3.60. The molecule has 0 bridgehead atoms. The molecule has 0 aromatic heterocycles. The van der Waals surface area contributed by atoms with Gasteiger partial charge < -0.3 is 5.11 Å². The molecule has 2 aromatic rings. The lowest BCUT2D eigenvalue weighted by Gasteiger charge is -2.31. The van der Waals surface area contributed by atoms with Gasteiger partial charge in [0, 0.05) is 11.8 Å². The van der Waals surface area contributed by atoms with Gasteiger partial charge in [-0.15, -0.1) is 0 Å². The second kappa shape index (κ2) is 5.99. The van der Waals surface area contributed by atoms with E-state index in [4.69, 9.17) is 0 Å². The minimum atomic E-state index is -0.473. The van der Waals surface area contributed by atoms with Gasteiger partial charge in [-0.05, 0) is 52.1 Å². The fourth-order valence-corrected chi connectivity index (χ4v) is 3.60. The zero-order chi connectivity index (χ0) is 17.6. The molecule has 1 N–H and O–H groups in total. The minimum absolute atomic E-state index is 0.161. The number of aliphatic imine (C=N–C) groups is 1. The predicted molar refractivity (Wildman–Crippen MR) is 101 cm³/mol. The summed E-state index contributed by atoms with van der Waals surface area (Å²) >= 11 is 0. The Balaban J connectivity index is 1.81. The molecule has 4 rings (SSSR count). The number of benzene rings is 2. The van der Waals surface area contributed by atoms with E-state index in [0.717, 1.165) is 21.9 Å². The Bertz CT molecular complexity index is 965. The molecule has 0 radical (unpaired) electrons. The van der Waals surface area contributed by atoms with Gasteiger partial charge in [0.25, 0.3) is 0 Å². The first kappa shape index (κ1) is 15.8. The lowest BCUT2D eigenvalue weighted by atomic mass is 9.78. The molecule has 1 aliphatic carbocycles. The number of nitrogens with zero attached hydrogens (tertiary/aromatic N) is 1. The molecule has 0 fully saturated rings. The van der Waals surface area contributed by atoms with Gasteiger partial charge in [-0.2, -0.15) is 0 Å². The number of hydrogen-bond donors (Lipinski definition) is 1. The van der Waals surface area contributed by atoms with Gasteiger partial charge in [-0.3, -0.25) is 4.99 Å². The second-order valence-corrected chi connectivity index (χ2v) is 6.97. The Hall–Kier alpha value is -2.68. The Morgan fingerprint density at radius 3 is 2.52 bits per heavy atom. The highest BCUT2D eigenvalue weighted by Crippen LogP contribution is 2.46. The van der Waals surface area contributed by atoms with Gasteiger partial charge >= 0.3 is 0 Å². The van der Waals surface area contributed by atoms with Gasteiger partial charge in [0.05, 0.1) is 12.0 Å². The standard InChI is InChI=1S/C22H20FNO/c1-13(2)17-9-16-7-8-24-22(21(16)19(23)11-17)18-10-14-5-3-4-6-15(14)12-20(18)25/h3-13,21-22,25H,1-2H3. The molecule has 0 saturated heterocycles. The van der Waals surface area contributed by atoms with Crippen molar-refractivity contribution in [1.82, 2.24) is 0 Å². The van der Waals surface area contributed by atoms with Crippen molar-refractivity contribution in [3.8, 4) is 5.75 Å². The molecular weight excluding hydrogens is 313 g/mol. The van der Waals surface area contributed by atoms with Crippen molar-refractivity contribution in [3.05, 3.63) is 77.2 Å². The number of allylic oxidation sites excluding steroid dienone is 4. The van der Waals surface area contributed by atoms with E-state index >= 15 is 0 Å². The summed E-state index contributed by atoms with van der Waals surface area (Å²) in [4.78, 5) is 4.50. The van der Waals surface area contributed by atoms with Crippen molar-refractivity contribution in [2.75, 3.05) is 0 Å². The van der Waals surface area contributed by atoms with Crippen molar-refractivity contribution < 1.29 is 9.50 Å². The average Bonchev–Trinajstić information content (AvgIpc) is 2.60. The number of hydrogen-bond acceptors (Lipinski definition) is 2. The molecule has 2 nitrogen and oxygen atoms in total. The van der Waals surface area contributed by atoms with Crippen molar-refractivity contribution >= 4 is 17.0 Å². The van der Waals surface area contributed by atoms with Crippen LogP contribution < -0.4 is 0 Å². The van der Waals surface area contributed by atoms with Crippen LogP contribution in [0.15, 0.2) is 76.6 Å². The highest BCUT2D eigenvalue weighted by molar-refractivity contribution is 5.85. The maximum absolute atomic E-state index is 14.9. The van der Waals surface area contributed by atoms with E-state index in [1.807, 2.05) is 36.4 Å². The van der Waals surface area contributed by atoms with Crippen LogP contribution in [0.3, 0.4) is 0 Å². The number of phenols is 1. The first-order chi connectivity index (χ1) is 12.0. The highest BCUT2D eigenvalue weighted by atomic mass is 19.1. The molecule has 0 saturated carbocycles. The van der Waals surface area contributed by atoms with E-state index in [9.17, 15) is 9.50 Å². The Morgan fingerprint density at radius 2 is 1.80 bits per heavy atom. The summed E-state index contributed by atoms with van der Waals surface area (Å²) in [5.41, 5.74) is 2.56. The third kappa shape index (κ3) is 2.70. The maximum Gasteiger partial charge on any atom is 0.121 e. The fraction of sp³-hybridized carbons (Fsp3) is 0.227. The highest BCUT2D eigenvalue weighted by Gasteiger charge is 2.34. The molecule has 0 amide bonds. The predicted octanol–water partition coefficient (Wildman–Crippen LogP) is 5.66. The lowest BCUT2D eigenvalue weighted by Crippen LogP contribution is -2.20. The average molecular weight is 333 g/mol. The second-order valence-electron chi connectivity index (χ2n) is 6.97. The van der Waals surface area contributed by atoms with Gasteiger partial charge in [0.2, 0.25) is 0 Å². The smallest absolute Gasteiger partial charge is 0.121 e. The molecule has 1 heterocycles. The number of rotatable bonds is 2. The zero-order valence-corrected chi connectivity index (χ0v) is 14.3. The molecule has 25 heavy (non-hydrogen) atoms. The SMILES string of the molecule is CC(C)C1=CC2=CC=NC(c3cc4ccccc4cc3O)C2C(F)=C1. The molecule has 0 spiro atoms. The van der Waals surface area contributed by atoms with Crippen LogP contribution >= 0.6 is 0 Å². The number of aromatic hydroxyl groups is 1. The summed E-state index contributed by atoms with van der Waals surface area (Å²) in [6.45, 7) is 4.11. The monoisotopic (exact) mass is 333 g/mol. The van der Waals surface area contributed by atoms with Crippen molar-refractivity contribution in [2.45, 2.75) is 19.9 Å². The van der Waals surface area contributed by atoms with Crippen LogP contribution in [-0.4, -0.2) is 11.3 Å². The van der Waals surface area contributed by atoms with Crippen LogP contribution in [0.1, 0.15) is 25.5 Å². The van der Waals surface area contributed by atoms with E-state index in [2.05, 4.69) is 24.9 Å². The van der Waals surface area contributed by atoms with Gasteiger partial charge in [0.15, 0.2) is 0 Å². The zero-order valence-electron chi connectivity index (χ0n) is 14.3. The van der Waals surface area contributed by atoms with Crippen LogP contribution in [0.2, 0.25) is 0 Å². The van der Waals surface area contributed by atoms with E-state index in [0.29, 0.717) is 5.56 Å². The minimum Gasteiger partial charge on any atom is -0.508 e. The summed E-state index contributed by atoms with van der Waals surface area (Å²) in [5, 5.41) is 12.5. The van der Waals surface area contributed by atoms with Crippen molar-refractivity contribution in [3.63, 3.8) is 0 Å². The van der Waals surface area contributed by atoms with Crippen molar-refractivity contribution in [1.29, 1.82) is 0 Å². The Labute approximate surface area is 146 Å². The van der Waals surface area contributed by atoms with E-state index in [1.54, 1.807) is 18.4 Å². The van der Waals surface area contributed by atoms with Crippen LogP contribution in [0, 0.1) is 11.8 Å².